The van der Waals surface area contributed by atoms with Crippen LogP contribution in [0, 0.1) is 11.8 Å². The van der Waals surface area contributed by atoms with Gasteiger partial charge in [-0.05, 0) is 47.8 Å². The molecule has 27 heavy (non-hydrogen) atoms. The van der Waals surface area contributed by atoms with Gasteiger partial charge >= 0.3 is 5.97 Å². The van der Waals surface area contributed by atoms with Crippen molar-refractivity contribution in [3.8, 4) is 0 Å². The fourth-order valence-electron chi connectivity index (χ4n) is 4.36. The largest absolute Gasteiger partial charge is 0.481 e. The Labute approximate surface area is 162 Å². The molecule has 150 valence electrons. The first-order valence-corrected chi connectivity index (χ1v) is 11.7. The van der Waals surface area contributed by atoms with E-state index in [2.05, 4.69) is 18.2 Å². The molecule has 0 radical (unpaired) electrons. The molecule has 1 atom stereocenters. The van der Waals surface area contributed by atoms with E-state index in [4.69, 9.17) is 0 Å². The van der Waals surface area contributed by atoms with Crippen LogP contribution in [0.3, 0.4) is 0 Å². The van der Waals surface area contributed by atoms with Crippen LogP contribution >= 0.6 is 0 Å². The van der Waals surface area contributed by atoms with E-state index in [0.717, 1.165) is 5.56 Å². The molecular weight excluding hydrogens is 362 g/mol. The van der Waals surface area contributed by atoms with Gasteiger partial charge in [-0.25, -0.2) is 8.42 Å². The normalized spacial score (nSPS) is 20.4. The highest BCUT2D eigenvalue weighted by Crippen LogP contribution is 2.34. The molecule has 0 bridgehead atoms. The number of carboxylic acid groups (broad SMARTS) is 1. The van der Waals surface area contributed by atoms with Crippen LogP contribution in [0.25, 0.3) is 0 Å². The highest BCUT2D eigenvalue weighted by atomic mass is 32.2. The fraction of sp³-hybridized carbons (Fsp3) is 0.667. The zero-order valence-electron chi connectivity index (χ0n) is 16.4. The molecule has 1 saturated carbocycles. The molecule has 5 nitrogen and oxygen atoms in total. The Morgan fingerprint density at radius 2 is 1.89 bits per heavy atom. The molecule has 2 aliphatic rings. The van der Waals surface area contributed by atoms with Crippen molar-refractivity contribution >= 4 is 16.0 Å². The fourth-order valence-corrected chi connectivity index (χ4v) is 6.25. The van der Waals surface area contributed by atoms with Gasteiger partial charge in [0.2, 0.25) is 10.0 Å². The summed E-state index contributed by atoms with van der Waals surface area (Å²) >= 11 is 0. The average Bonchev–Trinajstić information content (AvgIpc) is 2.65. The van der Waals surface area contributed by atoms with Gasteiger partial charge in [-0.2, -0.15) is 4.31 Å². The van der Waals surface area contributed by atoms with Gasteiger partial charge in [-0.15, -0.1) is 0 Å². The molecule has 1 heterocycles. The Morgan fingerprint density at radius 1 is 1.19 bits per heavy atom. The summed E-state index contributed by atoms with van der Waals surface area (Å²) in [5, 5.41) is 9.33. The molecule has 1 aliphatic carbocycles. The number of benzene rings is 1. The third-order valence-electron chi connectivity index (χ3n) is 6.19. The minimum absolute atomic E-state index is 0.215. The standard InChI is InChI=1S/C21H31NO4S/c1-15(2)20(21(23)24)14-27(25,26)22-11-10-18-12-17(8-9-19(18)13-22)16-6-4-3-5-7-16/h8-9,12,15-16,20H,3-7,10-11,13-14H2,1-2H3,(H,23,24). The molecule has 1 fully saturated rings. The highest BCUT2D eigenvalue weighted by molar-refractivity contribution is 7.89. The molecule has 1 aromatic rings. The summed E-state index contributed by atoms with van der Waals surface area (Å²) < 4.78 is 27.0. The second kappa shape index (κ2) is 8.31. The van der Waals surface area contributed by atoms with Crippen molar-refractivity contribution in [3.63, 3.8) is 0 Å². The van der Waals surface area contributed by atoms with Crippen LogP contribution in [0.15, 0.2) is 18.2 Å². The molecule has 1 aromatic carbocycles. The minimum atomic E-state index is -3.59. The Morgan fingerprint density at radius 3 is 2.52 bits per heavy atom. The number of carboxylic acids is 1. The van der Waals surface area contributed by atoms with Crippen LogP contribution in [0.4, 0.5) is 0 Å². The molecule has 0 aromatic heterocycles. The summed E-state index contributed by atoms with van der Waals surface area (Å²) in [4.78, 5) is 11.4. The Kier molecular flexibility index (Phi) is 6.26. The first kappa shape index (κ1) is 20.3. The first-order valence-electron chi connectivity index (χ1n) is 10.1. The number of aliphatic carboxylic acids is 1. The van der Waals surface area contributed by atoms with E-state index < -0.39 is 21.9 Å². The number of hydrogen-bond acceptors (Lipinski definition) is 3. The zero-order chi connectivity index (χ0) is 19.6. The van der Waals surface area contributed by atoms with Gasteiger partial charge in [-0.3, -0.25) is 4.79 Å². The van der Waals surface area contributed by atoms with Gasteiger partial charge in [0.15, 0.2) is 0 Å². The van der Waals surface area contributed by atoms with Gasteiger partial charge in [-0.1, -0.05) is 51.3 Å². The summed E-state index contributed by atoms with van der Waals surface area (Å²) in [6, 6.07) is 6.53. The number of carbonyl (C=O) groups is 1. The lowest BCUT2D eigenvalue weighted by atomic mass is 9.82. The van der Waals surface area contributed by atoms with E-state index in [-0.39, 0.29) is 11.7 Å². The van der Waals surface area contributed by atoms with Crippen molar-refractivity contribution in [1.29, 1.82) is 0 Å². The van der Waals surface area contributed by atoms with Crippen molar-refractivity contribution in [1.82, 2.24) is 4.31 Å². The summed E-state index contributed by atoms with van der Waals surface area (Å²) in [5.74, 6) is -1.80. The quantitative estimate of drug-likeness (QED) is 0.798. The van der Waals surface area contributed by atoms with E-state index in [1.165, 1.54) is 47.5 Å². The highest BCUT2D eigenvalue weighted by Gasteiger charge is 2.33. The summed E-state index contributed by atoms with van der Waals surface area (Å²) in [5.41, 5.74) is 3.71. The number of rotatable bonds is 6. The van der Waals surface area contributed by atoms with Gasteiger partial charge in [0.05, 0.1) is 11.7 Å². The molecule has 1 N–H and O–H groups in total. The van der Waals surface area contributed by atoms with Crippen molar-refractivity contribution in [2.75, 3.05) is 12.3 Å². The van der Waals surface area contributed by atoms with Crippen molar-refractivity contribution in [2.45, 2.75) is 64.8 Å². The van der Waals surface area contributed by atoms with Crippen molar-refractivity contribution in [3.05, 3.63) is 34.9 Å². The van der Waals surface area contributed by atoms with E-state index in [0.29, 0.717) is 25.4 Å². The monoisotopic (exact) mass is 393 g/mol. The molecule has 1 aliphatic heterocycles. The van der Waals surface area contributed by atoms with Crippen LogP contribution < -0.4 is 0 Å². The zero-order valence-corrected chi connectivity index (χ0v) is 17.2. The molecule has 0 spiro atoms. The van der Waals surface area contributed by atoms with Crippen molar-refractivity contribution < 1.29 is 18.3 Å². The Hall–Kier alpha value is -1.40. The van der Waals surface area contributed by atoms with Crippen LogP contribution in [-0.2, 0) is 27.8 Å². The summed E-state index contributed by atoms with van der Waals surface area (Å²) in [6.45, 7) is 4.31. The SMILES string of the molecule is CC(C)C(CS(=O)(=O)N1CCc2cc(C3CCCCC3)ccc2C1)C(=O)O. The third kappa shape index (κ3) is 4.72. The number of hydrogen-bond donors (Lipinski definition) is 1. The molecule has 0 amide bonds. The summed E-state index contributed by atoms with van der Waals surface area (Å²) in [7, 11) is -3.59. The first-order chi connectivity index (χ1) is 12.8. The van der Waals surface area contributed by atoms with Crippen LogP contribution in [0.1, 0.15) is 68.6 Å². The van der Waals surface area contributed by atoms with Gasteiger partial charge in [0, 0.05) is 13.1 Å². The molecule has 6 heteroatoms. The predicted octanol–water partition coefficient (Wildman–Crippen LogP) is 3.78. The van der Waals surface area contributed by atoms with E-state index in [1.807, 2.05) is 0 Å². The van der Waals surface area contributed by atoms with Crippen molar-refractivity contribution in [2.24, 2.45) is 11.8 Å². The predicted molar refractivity (Wildman–Crippen MR) is 106 cm³/mol. The van der Waals surface area contributed by atoms with Gasteiger partial charge in [0.1, 0.15) is 0 Å². The lowest BCUT2D eigenvalue weighted by Crippen LogP contribution is -2.41. The van der Waals surface area contributed by atoms with Gasteiger partial charge < -0.3 is 5.11 Å². The van der Waals surface area contributed by atoms with Crippen LogP contribution in [0.2, 0.25) is 0 Å². The maximum atomic E-state index is 12.8. The molecule has 3 rings (SSSR count). The second-order valence-electron chi connectivity index (χ2n) is 8.41. The van der Waals surface area contributed by atoms with E-state index in [9.17, 15) is 18.3 Å². The maximum absolute atomic E-state index is 12.8. The number of fused-ring (bicyclic) bond motifs is 1. The summed E-state index contributed by atoms with van der Waals surface area (Å²) in [6.07, 6.45) is 7.15. The lowest BCUT2D eigenvalue weighted by Gasteiger charge is -2.31. The number of nitrogens with zero attached hydrogens (tertiary/aromatic N) is 1. The van der Waals surface area contributed by atoms with Gasteiger partial charge in [0.25, 0.3) is 0 Å². The Bertz CT molecular complexity index is 781. The second-order valence-corrected chi connectivity index (χ2v) is 10.4. The van der Waals surface area contributed by atoms with Crippen LogP contribution in [-0.4, -0.2) is 36.1 Å². The third-order valence-corrected chi connectivity index (χ3v) is 8.07. The molecule has 1 unspecified atom stereocenters. The molecular formula is C21H31NO4S. The number of sulfonamides is 1. The van der Waals surface area contributed by atoms with E-state index in [1.54, 1.807) is 13.8 Å². The topological polar surface area (TPSA) is 74.7 Å². The van der Waals surface area contributed by atoms with E-state index >= 15 is 0 Å². The average molecular weight is 394 g/mol. The Balaban J connectivity index is 1.73. The smallest absolute Gasteiger partial charge is 0.307 e. The minimum Gasteiger partial charge on any atom is -0.481 e. The van der Waals surface area contributed by atoms with Crippen LogP contribution in [0.5, 0.6) is 0 Å². The lowest BCUT2D eigenvalue weighted by molar-refractivity contribution is -0.142. The maximum Gasteiger partial charge on any atom is 0.307 e. The molecule has 0 saturated heterocycles.